The molecule has 19 heavy (non-hydrogen) atoms. The van der Waals surface area contributed by atoms with Crippen LogP contribution in [0.1, 0.15) is 31.2 Å². The molecule has 1 aliphatic heterocycles. The summed E-state index contributed by atoms with van der Waals surface area (Å²) in [5, 5.41) is 9.41. The van der Waals surface area contributed by atoms with Gasteiger partial charge in [0.25, 0.3) is 0 Å². The van der Waals surface area contributed by atoms with Crippen LogP contribution in [0, 0.1) is 0 Å². The molecule has 0 aromatic heterocycles. The number of rotatable bonds is 4. The molecule has 5 heteroatoms. The van der Waals surface area contributed by atoms with Gasteiger partial charge in [-0.05, 0) is 18.4 Å². The van der Waals surface area contributed by atoms with E-state index in [4.69, 9.17) is 0 Å². The van der Waals surface area contributed by atoms with Crippen molar-refractivity contribution in [2.24, 2.45) is 0 Å². The highest BCUT2D eigenvalue weighted by atomic mass is 32.2. The van der Waals surface area contributed by atoms with Gasteiger partial charge in [-0.15, -0.1) is 0 Å². The maximum absolute atomic E-state index is 12.5. The van der Waals surface area contributed by atoms with Gasteiger partial charge in [-0.3, -0.25) is 0 Å². The molecule has 1 aromatic carbocycles. The fraction of sp³-hybridized carbons (Fsp3) is 0.571. The van der Waals surface area contributed by atoms with Gasteiger partial charge >= 0.3 is 0 Å². The van der Waals surface area contributed by atoms with Gasteiger partial charge in [0.15, 0.2) is 0 Å². The minimum atomic E-state index is -3.35. The highest BCUT2D eigenvalue weighted by Gasteiger charge is 2.30. The van der Waals surface area contributed by atoms with E-state index >= 15 is 0 Å². The first kappa shape index (κ1) is 14.5. The summed E-state index contributed by atoms with van der Waals surface area (Å²) in [6, 6.07) is 8.95. The van der Waals surface area contributed by atoms with Crippen LogP contribution >= 0.6 is 0 Å². The summed E-state index contributed by atoms with van der Waals surface area (Å²) in [7, 11) is -3.35. The Hall–Kier alpha value is -0.910. The van der Waals surface area contributed by atoms with Crippen LogP contribution in [0.15, 0.2) is 30.3 Å². The summed E-state index contributed by atoms with van der Waals surface area (Å²) in [6.45, 7) is 0.439. The average molecular weight is 283 g/mol. The minimum absolute atomic E-state index is 0.0182. The van der Waals surface area contributed by atoms with E-state index in [2.05, 4.69) is 0 Å². The Morgan fingerprint density at radius 2 is 1.89 bits per heavy atom. The molecule has 0 radical (unpaired) electrons. The Labute approximate surface area is 115 Å². The average Bonchev–Trinajstić information content (AvgIpc) is 2.64. The third-order valence-electron chi connectivity index (χ3n) is 3.58. The summed E-state index contributed by atoms with van der Waals surface area (Å²) >= 11 is 0. The standard InChI is InChI=1S/C14H21NO3S/c16-11-14-9-5-2-6-10-15(14)19(17,18)12-13-7-3-1-4-8-13/h1,3-4,7-8,14,16H,2,5-6,9-12H2. The third kappa shape index (κ3) is 3.78. The molecular formula is C14H21NO3S. The number of aliphatic hydroxyl groups is 1. The smallest absolute Gasteiger partial charge is 0.218 e. The Morgan fingerprint density at radius 3 is 2.58 bits per heavy atom. The maximum Gasteiger partial charge on any atom is 0.218 e. The number of sulfonamides is 1. The predicted octanol–water partition coefficient (Wildman–Crippen LogP) is 1.75. The van der Waals surface area contributed by atoms with Crippen molar-refractivity contribution in [1.82, 2.24) is 4.31 Å². The second-order valence-corrected chi connectivity index (χ2v) is 6.96. The van der Waals surface area contributed by atoms with Crippen molar-refractivity contribution in [3.05, 3.63) is 35.9 Å². The molecule has 0 bridgehead atoms. The summed E-state index contributed by atoms with van der Waals surface area (Å²) in [4.78, 5) is 0. The number of aliphatic hydroxyl groups excluding tert-OH is 1. The molecule has 0 spiro atoms. The molecule has 0 aliphatic carbocycles. The zero-order chi connectivity index (χ0) is 13.7. The SMILES string of the molecule is O=S(=O)(Cc1ccccc1)N1CCCCCC1CO. The highest BCUT2D eigenvalue weighted by molar-refractivity contribution is 7.88. The van der Waals surface area contributed by atoms with Crippen molar-refractivity contribution in [3.8, 4) is 0 Å². The fourth-order valence-electron chi connectivity index (χ4n) is 2.57. The van der Waals surface area contributed by atoms with Gasteiger partial charge in [0, 0.05) is 12.6 Å². The van der Waals surface area contributed by atoms with E-state index in [9.17, 15) is 13.5 Å². The van der Waals surface area contributed by atoms with Gasteiger partial charge in [-0.1, -0.05) is 43.2 Å². The van der Waals surface area contributed by atoms with E-state index in [-0.39, 0.29) is 18.4 Å². The largest absolute Gasteiger partial charge is 0.395 e. The zero-order valence-electron chi connectivity index (χ0n) is 11.0. The molecule has 1 saturated heterocycles. The molecule has 1 unspecified atom stereocenters. The molecule has 2 rings (SSSR count). The van der Waals surface area contributed by atoms with Crippen LogP contribution in [-0.2, 0) is 15.8 Å². The first-order valence-electron chi connectivity index (χ1n) is 6.78. The number of benzene rings is 1. The van der Waals surface area contributed by atoms with Gasteiger partial charge in [0.05, 0.1) is 12.4 Å². The van der Waals surface area contributed by atoms with E-state index in [1.165, 1.54) is 4.31 Å². The number of nitrogens with zero attached hydrogens (tertiary/aromatic N) is 1. The Bertz CT molecular complexity index is 487. The topological polar surface area (TPSA) is 57.6 Å². The van der Waals surface area contributed by atoms with Crippen molar-refractivity contribution in [1.29, 1.82) is 0 Å². The second kappa shape index (κ2) is 6.50. The Morgan fingerprint density at radius 1 is 1.16 bits per heavy atom. The molecule has 1 fully saturated rings. The maximum atomic E-state index is 12.5. The van der Waals surface area contributed by atoms with Crippen molar-refractivity contribution in [2.75, 3.05) is 13.2 Å². The van der Waals surface area contributed by atoms with E-state index in [0.717, 1.165) is 31.2 Å². The van der Waals surface area contributed by atoms with Gasteiger partial charge in [-0.2, -0.15) is 4.31 Å². The summed E-state index contributed by atoms with van der Waals surface area (Å²) < 4.78 is 26.5. The number of hydrogen-bond donors (Lipinski definition) is 1. The van der Waals surface area contributed by atoms with Crippen LogP contribution < -0.4 is 0 Å². The lowest BCUT2D eigenvalue weighted by atomic mass is 10.1. The molecule has 0 saturated carbocycles. The quantitative estimate of drug-likeness (QED) is 0.916. The van der Waals surface area contributed by atoms with Crippen molar-refractivity contribution >= 4 is 10.0 Å². The van der Waals surface area contributed by atoms with Crippen LogP contribution in [0.3, 0.4) is 0 Å². The normalized spacial score (nSPS) is 22.1. The molecule has 4 nitrogen and oxygen atoms in total. The molecule has 106 valence electrons. The summed E-state index contributed by atoms with van der Waals surface area (Å²) in [5.41, 5.74) is 0.795. The monoisotopic (exact) mass is 283 g/mol. The summed E-state index contributed by atoms with van der Waals surface area (Å²) in [5.74, 6) is 0.0182. The van der Waals surface area contributed by atoms with Crippen LogP contribution in [0.25, 0.3) is 0 Å². The molecule has 0 amide bonds. The van der Waals surface area contributed by atoms with Gasteiger partial charge in [0.2, 0.25) is 10.0 Å². The molecule has 1 N–H and O–H groups in total. The predicted molar refractivity (Wildman–Crippen MR) is 75.1 cm³/mol. The molecule has 1 aliphatic rings. The van der Waals surface area contributed by atoms with E-state index in [1.807, 2.05) is 30.3 Å². The first-order valence-corrected chi connectivity index (χ1v) is 8.39. The van der Waals surface area contributed by atoms with Crippen LogP contribution in [-0.4, -0.2) is 37.0 Å². The highest BCUT2D eigenvalue weighted by Crippen LogP contribution is 2.22. The first-order chi connectivity index (χ1) is 9.13. The van der Waals surface area contributed by atoms with Crippen LogP contribution in [0.5, 0.6) is 0 Å². The van der Waals surface area contributed by atoms with E-state index in [1.54, 1.807) is 0 Å². The minimum Gasteiger partial charge on any atom is -0.395 e. The Balaban J connectivity index is 2.17. The molecule has 1 aromatic rings. The Kier molecular flexibility index (Phi) is 4.96. The molecule has 1 atom stereocenters. The van der Waals surface area contributed by atoms with E-state index < -0.39 is 10.0 Å². The summed E-state index contributed by atoms with van der Waals surface area (Å²) in [6.07, 6.45) is 3.66. The molecule has 1 heterocycles. The lowest BCUT2D eigenvalue weighted by Gasteiger charge is -2.27. The second-order valence-electron chi connectivity index (χ2n) is 5.04. The van der Waals surface area contributed by atoms with Crippen LogP contribution in [0.2, 0.25) is 0 Å². The van der Waals surface area contributed by atoms with Crippen molar-refractivity contribution in [3.63, 3.8) is 0 Å². The zero-order valence-corrected chi connectivity index (χ0v) is 11.8. The number of hydrogen-bond acceptors (Lipinski definition) is 3. The van der Waals surface area contributed by atoms with Crippen molar-refractivity contribution in [2.45, 2.75) is 37.5 Å². The van der Waals surface area contributed by atoms with Gasteiger partial charge in [0.1, 0.15) is 0 Å². The van der Waals surface area contributed by atoms with Crippen molar-refractivity contribution < 1.29 is 13.5 Å². The molecular weight excluding hydrogens is 262 g/mol. The van der Waals surface area contributed by atoms with E-state index in [0.29, 0.717) is 6.54 Å². The third-order valence-corrected chi connectivity index (χ3v) is 5.48. The lowest BCUT2D eigenvalue weighted by molar-refractivity contribution is 0.186. The van der Waals surface area contributed by atoms with Crippen LogP contribution in [0.4, 0.5) is 0 Å². The lowest BCUT2D eigenvalue weighted by Crippen LogP contribution is -2.42. The fourth-order valence-corrected chi connectivity index (χ4v) is 4.38. The van der Waals surface area contributed by atoms with Gasteiger partial charge in [-0.25, -0.2) is 8.42 Å². The van der Waals surface area contributed by atoms with Gasteiger partial charge < -0.3 is 5.11 Å².